The van der Waals surface area contributed by atoms with Crippen LogP contribution in [0.2, 0.25) is 0 Å². The fourth-order valence-corrected chi connectivity index (χ4v) is 3.69. The molecule has 2 aliphatic heterocycles. The number of nitrogen functional groups attached to an aromatic ring is 1. The van der Waals surface area contributed by atoms with Gasteiger partial charge in [-0.05, 0) is 24.6 Å². The zero-order chi connectivity index (χ0) is 13.7. The van der Waals surface area contributed by atoms with E-state index in [0.717, 1.165) is 4.90 Å². The predicted molar refractivity (Wildman–Crippen MR) is 70.4 cm³/mol. The molecule has 1 aromatic carbocycles. The first-order valence-corrected chi connectivity index (χ1v) is 6.82. The van der Waals surface area contributed by atoms with E-state index in [1.54, 1.807) is 18.2 Å². The van der Waals surface area contributed by atoms with E-state index in [1.807, 2.05) is 0 Å². The molecule has 4 N–H and O–H groups in total. The first-order chi connectivity index (χ1) is 8.95. The zero-order valence-electron chi connectivity index (χ0n) is 10.0. The van der Waals surface area contributed by atoms with Gasteiger partial charge < -0.3 is 16.2 Å². The van der Waals surface area contributed by atoms with E-state index in [9.17, 15) is 8.78 Å². The minimum absolute atomic E-state index is 0.189. The molecule has 1 aromatic rings. The Balaban J connectivity index is 2.25. The second kappa shape index (κ2) is 4.00. The third-order valence-electron chi connectivity index (χ3n) is 3.48. The van der Waals surface area contributed by atoms with E-state index in [2.05, 4.69) is 4.99 Å². The molecule has 0 bridgehead atoms. The first-order valence-electron chi connectivity index (χ1n) is 5.83. The average Bonchev–Trinajstić information content (AvgIpc) is 2.36. The van der Waals surface area contributed by atoms with Crippen LogP contribution >= 0.6 is 11.8 Å². The number of aliphatic imine (C=N–C) groups is 1. The monoisotopic (exact) mass is 285 g/mol. The van der Waals surface area contributed by atoms with Crippen LogP contribution in [-0.4, -0.2) is 24.3 Å². The maximum Gasteiger partial charge on any atom is 0.310 e. The molecule has 0 fully saturated rings. The van der Waals surface area contributed by atoms with Crippen molar-refractivity contribution in [1.82, 2.24) is 0 Å². The van der Waals surface area contributed by atoms with Gasteiger partial charge in [0.25, 0.3) is 6.02 Å². The molecule has 4 nitrogen and oxygen atoms in total. The molecule has 2 aliphatic rings. The molecule has 0 saturated carbocycles. The standard InChI is InChI=1S/C12H13F2N3OS/c13-12(14)6-18-10(16)17-11(12)3-4-19-9-2-1-7(15)5-8(9)11/h1-2,5H,3-4,6,15H2,(H2,16,17). The Morgan fingerprint density at radius 3 is 2.89 bits per heavy atom. The number of ether oxygens (including phenoxy) is 1. The Bertz CT molecular complexity index is 564. The number of amidine groups is 1. The molecule has 19 heavy (non-hydrogen) atoms. The molecular formula is C12H13F2N3OS. The lowest BCUT2D eigenvalue weighted by Gasteiger charge is -2.43. The number of nitrogens with zero attached hydrogens (tertiary/aromatic N) is 1. The van der Waals surface area contributed by atoms with Gasteiger partial charge in [0.05, 0.1) is 0 Å². The lowest BCUT2D eigenvalue weighted by molar-refractivity contribution is -0.124. The summed E-state index contributed by atoms with van der Waals surface area (Å²) in [6.07, 6.45) is 0.213. The minimum atomic E-state index is -3.10. The van der Waals surface area contributed by atoms with Crippen LogP contribution in [0.1, 0.15) is 12.0 Å². The summed E-state index contributed by atoms with van der Waals surface area (Å²) in [5.41, 5.74) is 10.5. The lowest BCUT2D eigenvalue weighted by Crippen LogP contribution is -2.54. The summed E-state index contributed by atoms with van der Waals surface area (Å²) in [6.45, 7) is -0.749. The fraction of sp³-hybridized carbons (Fsp3) is 0.417. The van der Waals surface area contributed by atoms with Crippen molar-refractivity contribution in [3.8, 4) is 0 Å². The summed E-state index contributed by atoms with van der Waals surface area (Å²) in [5.74, 6) is -2.54. The largest absolute Gasteiger partial charge is 0.459 e. The highest BCUT2D eigenvalue weighted by atomic mass is 32.2. The van der Waals surface area contributed by atoms with Crippen molar-refractivity contribution in [2.75, 3.05) is 18.1 Å². The van der Waals surface area contributed by atoms with Crippen LogP contribution < -0.4 is 11.5 Å². The third kappa shape index (κ3) is 1.75. The summed E-state index contributed by atoms with van der Waals surface area (Å²) in [6, 6.07) is 4.84. The lowest BCUT2D eigenvalue weighted by atomic mass is 9.80. The smallest absolute Gasteiger partial charge is 0.310 e. The van der Waals surface area contributed by atoms with Crippen molar-refractivity contribution in [3.63, 3.8) is 0 Å². The maximum absolute atomic E-state index is 14.4. The molecule has 0 radical (unpaired) electrons. The molecular weight excluding hydrogens is 272 g/mol. The number of alkyl halides is 2. The van der Waals surface area contributed by atoms with Crippen molar-refractivity contribution < 1.29 is 13.5 Å². The molecule has 102 valence electrons. The molecule has 1 spiro atoms. The Morgan fingerprint density at radius 2 is 2.11 bits per heavy atom. The van der Waals surface area contributed by atoms with E-state index < -0.39 is 18.1 Å². The molecule has 7 heteroatoms. The van der Waals surface area contributed by atoms with Crippen molar-refractivity contribution in [2.24, 2.45) is 10.7 Å². The van der Waals surface area contributed by atoms with Gasteiger partial charge in [0.2, 0.25) is 0 Å². The summed E-state index contributed by atoms with van der Waals surface area (Å²) in [7, 11) is 0. The quantitative estimate of drug-likeness (QED) is 0.714. The van der Waals surface area contributed by atoms with Crippen molar-refractivity contribution in [1.29, 1.82) is 0 Å². The Labute approximate surface area is 113 Å². The van der Waals surface area contributed by atoms with Gasteiger partial charge in [-0.3, -0.25) is 0 Å². The van der Waals surface area contributed by atoms with Gasteiger partial charge in [-0.1, -0.05) is 0 Å². The van der Waals surface area contributed by atoms with Gasteiger partial charge in [-0.25, -0.2) is 4.99 Å². The number of rotatable bonds is 0. The Morgan fingerprint density at radius 1 is 1.32 bits per heavy atom. The van der Waals surface area contributed by atoms with Crippen LogP contribution in [0.5, 0.6) is 0 Å². The van der Waals surface area contributed by atoms with E-state index in [0.29, 0.717) is 17.0 Å². The number of halogens is 2. The van der Waals surface area contributed by atoms with Crippen LogP contribution in [0.25, 0.3) is 0 Å². The number of nitrogens with two attached hydrogens (primary N) is 2. The molecule has 1 atom stereocenters. The highest BCUT2D eigenvalue weighted by Gasteiger charge is 2.59. The SMILES string of the molecule is NC1=NC2(CCSc3ccc(N)cc32)C(F)(F)CO1. The minimum Gasteiger partial charge on any atom is -0.459 e. The Hall–Kier alpha value is -1.50. The van der Waals surface area contributed by atoms with E-state index in [4.69, 9.17) is 16.2 Å². The molecule has 0 saturated heterocycles. The number of anilines is 1. The average molecular weight is 285 g/mol. The van der Waals surface area contributed by atoms with Crippen molar-refractivity contribution in [3.05, 3.63) is 23.8 Å². The molecule has 0 aliphatic carbocycles. The van der Waals surface area contributed by atoms with E-state index in [1.165, 1.54) is 11.8 Å². The number of fused-ring (bicyclic) bond motifs is 2. The molecule has 3 rings (SSSR count). The van der Waals surface area contributed by atoms with Gasteiger partial charge in [0, 0.05) is 21.9 Å². The highest BCUT2D eigenvalue weighted by Crippen LogP contribution is 2.52. The van der Waals surface area contributed by atoms with Gasteiger partial charge in [0.15, 0.2) is 12.1 Å². The molecule has 1 unspecified atom stereocenters. The molecule has 2 heterocycles. The van der Waals surface area contributed by atoms with Gasteiger partial charge in [-0.2, -0.15) is 8.78 Å². The summed E-state index contributed by atoms with van der Waals surface area (Å²) in [4.78, 5) is 4.74. The van der Waals surface area contributed by atoms with Crippen molar-refractivity contribution >= 4 is 23.5 Å². The highest BCUT2D eigenvalue weighted by molar-refractivity contribution is 7.99. The maximum atomic E-state index is 14.4. The van der Waals surface area contributed by atoms with E-state index in [-0.39, 0.29) is 12.4 Å². The third-order valence-corrected chi connectivity index (χ3v) is 4.55. The Kier molecular flexibility index (Phi) is 2.63. The second-order valence-corrected chi connectivity index (χ2v) is 5.79. The zero-order valence-corrected chi connectivity index (χ0v) is 10.8. The normalized spacial score (nSPS) is 28.4. The number of thioether (sulfide) groups is 1. The topological polar surface area (TPSA) is 73.6 Å². The van der Waals surface area contributed by atoms with E-state index >= 15 is 0 Å². The second-order valence-electron chi connectivity index (χ2n) is 4.66. The van der Waals surface area contributed by atoms with Crippen molar-refractivity contribution in [2.45, 2.75) is 22.8 Å². The van der Waals surface area contributed by atoms with Crippen LogP contribution in [0.3, 0.4) is 0 Å². The first kappa shape index (κ1) is 12.5. The fourth-order valence-electron chi connectivity index (χ4n) is 2.52. The number of hydrogen-bond acceptors (Lipinski definition) is 5. The van der Waals surface area contributed by atoms with Crippen LogP contribution in [0, 0.1) is 0 Å². The molecule has 0 amide bonds. The van der Waals surface area contributed by atoms with Gasteiger partial charge in [0.1, 0.15) is 0 Å². The van der Waals surface area contributed by atoms with Crippen LogP contribution in [-0.2, 0) is 10.3 Å². The van der Waals surface area contributed by atoms with Gasteiger partial charge >= 0.3 is 5.92 Å². The van der Waals surface area contributed by atoms with Crippen LogP contribution in [0.4, 0.5) is 14.5 Å². The predicted octanol–water partition coefficient (Wildman–Crippen LogP) is 1.94. The van der Waals surface area contributed by atoms with Gasteiger partial charge in [-0.15, -0.1) is 11.8 Å². The summed E-state index contributed by atoms with van der Waals surface area (Å²) < 4.78 is 33.5. The summed E-state index contributed by atoms with van der Waals surface area (Å²) >= 11 is 1.53. The molecule has 0 aromatic heterocycles. The number of benzene rings is 1. The van der Waals surface area contributed by atoms with Crippen LogP contribution in [0.15, 0.2) is 28.1 Å². The number of hydrogen-bond donors (Lipinski definition) is 2. The summed E-state index contributed by atoms with van der Waals surface area (Å²) in [5, 5.41) is 0.